The molecule has 2 heterocycles. The van der Waals surface area contributed by atoms with Gasteiger partial charge in [0.2, 0.25) is 11.8 Å². The molecule has 0 aliphatic carbocycles. The van der Waals surface area contributed by atoms with E-state index in [2.05, 4.69) is 15.9 Å². The zero-order chi connectivity index (χ0) is 13.1. The third-order valence-corrected chi connectivity index (χ3v) is 4.68. The lowest BCUT2D eigenvalue weighted by Crippen LogP contribution is -2.39. The maximum atomic E-state index is 12.0. The highest BCUT2D eigenvalue weighted by Gasteiger charge is 2.27. The zero-order valence-electron chi connectivity index (χ0n) is 9.65. The van der Waals surface area contributed by atoms with Gasteiger partial charge in [-0.25, -0.2) is 0 Å². The van der Waals surface area contributed by atoms with Crippen molar-refractivity contribution in [2.75, 3.05) is 6.54 Å². The van der Waals surface area contributed by atoms with Gasteiger partial charge >= 0.3 is 0 Å². The fourth-order valence-corrected chi connectivity index (χ4v) is 3.37. The van der Waals surface area contributed by atoms with Crippen LogP contribution in [0.15, 0.2) is 15.9 Å². The number of imide groups is 1. The van der Waals surface area contributed by atoms with E-state index in [1.165, 1.54) is 11.3 Å². The average Bonchev–Trinajstić information content (AvgIpc) is 2.70. The summed E-state index contributed by atoms with van der Waals surface area (Å²) >= 11 is 4.59. The Balaban J connectivity index is 2.12. The molecule has 0 N–H and O–H groups in total. The van der Waals surface area contributed by atoms with E-state index in [0.29, 0.717) is 22.2 Å². The van der Waals surface area contributed by atoms with Gasteiger partial charge in [0, 0.05) is 17.3 Å². The van der Waals surface area contributed by atoms with E-state index in [4.69, 9.17) is 0 Å². The van der Waals surface area contributed by atoms with Crippen molar-refractivity contribution in [3.8, 4) is 0 Å². The SMILES string of the molecule is O=C(CN1C(=O)CCCCC1=O)c1sccc1Br. The molecule has 0 atom stereocenters. The highest BCUT2D eigenvalue weighted by atomic mass is 79.9. The smallest absolute Gasteiger partial charge is 0.229 e. The number of halogens is 1. The van der Waals surface area contributed by atoms with Crippen LogP contribution in [0, 0.1) is 0 Å². The second-order valence-corrected chi connectivity index (χ2v) is 5.87. The van der Waals surface area contributed by atoms with Gasteiger partial charge in [0.05, 0.1) is 11.4 Å². The zero-order valence-corrected chi connectivity index (χ0v) is 12.1. The molecule has 1 aromatic rings. The van der Waals surface area contributed by atoms with Crippen LogP contribution in [0.2, 0.25) is 0 Å². The quantitative estimate of drug-likeness (QED) is 0.632. The molecule has 1 fully saturated rings. The Labute approximate surface area is 117 Å². The summed E-state index contributed by atoms with van der Waals surface area (Å²) in [5.41, 5.74) is 0. The van der Waals surface area contributed by atoms with E-state index in [-0.39, 0.29) is 24.1 Å². The van der Waals surface area contributed by atoms with Crippen molar-refractivity contribution in [1.29, 1.82) is 0 Å². The predicted molar refractivity (Wildman–Crippen MR) is 71.5 cm³/mol. The fraction of sp³-hybridized carbons (Fsp3) is 0.417. The van der Waals surface area contributed by atoms with Crippen LogP contribution in [0.25, 0.3) is 0 Å². The van der Waals surface area contributed by atoms with Gasteiger partial charge in [-0.3, -0.25) is 19.3 Å². The molecule has 1 aromatic heterocycles. The molecule has 6 heteroatoms. The standard InChI is InChI=1S/C12H12BrNO3S/c13-8-5-6-18-12(8)9(15)7-14-10(16)3-1-2-4-11(14)17/h5-6H,1-4,7H2. The lowest BCUT2D eigenvalue weighted by Gasteiger charge is -2.17. The van der Waals surface area contributed by atoms with Crippen molar-refractivity contribution in [2.45, 2.75) is 25.7 Å². The topological polar surface area (TPSA) is 54.5 Å². The molecule has 0 aromatic carbocycles. The van der Waals surface area contributed by atoms with Crippen LogP contribution in [0.5, 0.6) is 0 Å². The summed E-state index contributed by atoms with van der Waals surface area (Å²) in [7, 11) is 0. The van der Waals surface area contributed by atoms with Gasteiger partial charge in [-0.1, -0.05) is 0 Å². The first-order valence-corrected chi connectivity index (χ1v) is 7.36. The summed E-state index contributed by atoms with van der Waals surface area (Å²) in [4.78, 5) is 37.2. The molecule has 1 aliphatic rings. The van der Waals surface area contributed by atoms with Crippen molar-refractivity contribution >= 4 is 44.9 Å². The number of carbonyl (C=O) groups excluding carboxylic acids is 3. The second-order valence-electron chi connectivity index (χ2n) is 4.10. The number of rotatable bonds is 3. The highest BCUT2D eigenvalue weighted by Crippen LogP contribution is 2.24. The Kier molecular flexibility index (Phi) is 4.29. The van der Waals surface area contributed by atoms with E-state index in [9.17, 15) is 14.4 Å². The van der Waals surface area contributed by atoms with Crippen LogP contribution < -0.4 is 0 Å². The summed E-state index contributed by atoms with van der Waals surface area (Å²) < 4.78 is 0.715. The van der Waals surface area contributed by atoms with Gasteiger partial charge in [-0.2, -0.15) is 0 Å². The number of thiophene rings is 1. The molecule has 0 radical (unpaired) electrons. The van der Waals surface area contributed by atoms with Crippen LogP contribution in [0.4, 0.5) is 0 Å². The van der Waals surface area contributed by atoms with Crippen LogP contribution in [-0.2, 0) is 9.59 Å². The Morgan fingerprint density at radius 2 is 1.89 bits per heavy atom. The molecule has 96 valence electrons. The van der Waals surface area contributed by atoms with Gasteiger partial charge in [0.15, 0.2) is 5.78 Å². The van der Waals surface area contributed by atoms with E-state index in [0.717, 1.165) is 17.7 Å². The fourth-order valence-electron chi connectivity index (χ4n) is 1.85. The monoisotopic (exact) mass is 329 g/mol. The molecule has 4 nitrogen and oxygen atoms in total. The van der Waals surface area contributed by atoms with Gasteiger partial charge < -0.3 is 0 Å². The third-order valence-electron chi connectivity index (χ3n) is 2.81. The number of nitrogens with zero attached hydrogens (tertiary/aromatic N) is 1. The van der Waals surface area contributed by atoms with Crippen LogP contribution in [0.1, 0.15) is 35.4 Å². The molecule has 0 bridgehead atoms. The van der Waals surface area contributed by atoms with E-state index < -0.39 is 0 Å². The maximum absolute atomic E-state index is 12.0. The van der Waals surface area contributed by atoms with Gasteiger partial charge in [-0.15, -0.1) is 11.3 Å². The minimum atomic E-state index is -0.237. The normalized spacial score (nSPS) is 16.8. The Morgan fingerprint density at radius 3 is 2.39 bits per heavy atom. The van der Waals surface area contributed by atoms with Crippen LogP contribution >= 0.6 is 27.3 Å². The Bertz CT molecular complexity index is 479. The average molecular weight is 330 g/mol. The number of Topliss-reactive ketones (excluding diaryl/α,β-unsaturated/α-hetero) is 1. The third kappa shape index (κ3) is 2.87. The van der Waals surface area contributed by atoms with Crippen LogP contribution in [-0.4, -0.2) is 29.0 Å². The summed E-state index contributed by atoms with van der Waals surface area (Å²) in [6.07, 6.45) is 2.14. The van der Waals surface area contributed by atoms with Gasteiger partial charge in [0.1, 0.15) is 0 Å². The number of amides is 2. The lowest BCUT2D eigenvalue weighted by molar-refractivity contribution is -0.143. The van der Waals surface area contributed by atoms with E-state index in [1.807, 2.05) is 0 Å². The second kappa shape index (κ2) is 5.75. The molecule has 2 amide bonds. The molecule has 0 saturated carbocycles. The Morgan fingerprint density at radius 1 is 1.28 bits per heavy atom. The Hall–Kier alpha value is -1.01. The summed E-state index contributed by atoms with van der Waals surface area (Å²) in [5, 5.41) is 1.80. The first kappa shape index (κ1) is 13.4. The van der Waals surface area contributed by atoms with E-state index in [1.54, 1.807) is 11.4 Å². The first-order valence-electron chi connectivity index (χ1n) is 5.69. The number of likely N-dealkylation sites (tertiary alicyclic amines) is 1. The number of carbonyl (C=O) groups is 3. The van der Waals surface area contributed by atoms with Crippen molar-refractivity contribution < 1.29 is 14.4 Å². The molecule has 1 aliphatic heterocycles. The molecule has 0 spiro atoms. The molecular weight excluding hydrogens is 318 g/mol. The molecule has 1 saturated heterocycles. The highest BCUT2D eigenvalue weighted by molar-refractivity contribution is 9.10. The summed E-state index contributed by atoms with van der Waals surface area (Å²) in [6, 6.07) is 1.78. The minimum absolute atomic E-state index is 0.142. The summed E-state index contributed by atoms with van der Waals surface area (Å²) in [5.74, 6) is -0.669. The lowest BCUT2D eigenvalue weighted by atomic mass is 10.2. The van der Waals surface area contributed by atoms with Crippen molar-refractivity contribution in [1.82, 2.24) is 4.90 Å². The molecule has 18 heavy (non-hydrogen) atoms. The van der Waals surface area contributed by atoms with Gasteiger partial charge in [-0.05, 0) is 40.2 Å². The minimum Gasteiger partial charge on any atom is -0.291 e. The maximum Gasteiger partial charge on any atom is 0.229 e. The van der Waals surface area contributed by atoms with Crippen LogP contribution in [0.3, 0.4) is 0 Å². The van der Waals surface area contributed by atoms with Crippen molar-refractivity contribution in [2.24, 2.45) is 0 Å². The molecule has 2 rings (SSSR count). The number of hydrogen-bond acceptors (Lipinski definition) is 4. The predicted octanol–water partition coefficient (Wildman–Crippen LogP) is 2.62. The van der Waals surface area contributed by atoms with Crippen molar-refractivity contribution in [3.05, 3.63) is 20.8 Å². The largest absolute Gasteiger partial charge is 0.291 e. The van der Waals surface area contributed by atoms with E-state index >= 15 is 0 Å². The number of hydrogen-bond donors (Lipinski definition) is 0. The number of ketones is 1. The van der Waals surface area contributed by atoms with Gasteiger partial charge in [0.25, 0.3) is 0 Å². The first-order chi connectivity index (χ1) is 8.59. The molecular formula is C12H12BrNO3S. The summed E-state index contributed by atoms with van der Waals surface area (Å²) in [6.45, 7) is -0.142. The van der Waals surface area contributed by atoms with Crippen molar-refractivity contribution in [3.63, 3.8) is 0 Å². The molecule has 0 unspecified atom stereocenters.